The van der Waals surface area contributed by atoms with Gasteiger partial charge in [-0.2, -0.15) is 23.7 Å². The molecule has 3 aromatic rings. The van der Waals surface area contributed by atoms with Gasteiger partial charge in [0.1, 0.15) is 6.54 Å². The van der Waals surface area contributed by atoms with Crippen LogP contribution in [0.2, 0.25) is 0 Å². The SMILES string of the molecule is N#CCn1cc(/C=C(/C#N)c2cccc(C(F)(F)F)c2)c2ccccc21. The van der Waals surface area contributed by atoms with Crippen molar-refractivity contribution >= 4 is 22.6 Å². The Balaban J connectivity index is 2.13. The van der Waals surface area contributed by atoms with E-state index < -0.39 is 11.7 Å². The summed E-state index contributed by atoms with van der Waals surface area (Å²) in [5.41, 5.74) is 1.00. The zero-order valence-electron chi connectivity index (χ0n) is 13.5. The van der Waals surface area contributed by atoms with Gasteiger partial charge >= 0.3 is 6.18 Å². The number of allylic oxidation sites excluding steroid dienone is 1. The van der Waals surface area contributed by atoms with Gasteiger partial charge in [-0.1, -0.05) is 30.3 Å². The van der Waals surface area contributed by atoms with Crippen LogP contribution in [0.15, 0.2) is 54.7 Å². The van der Waals surface area contributed by atoms with Crippen LogP contribution in [0, 0.1) is 22.7 Å². The first-order chi connectivity index (χ1) is 12.4. The third kappa shape index (κ3) is 3.31. The van der Waals surface area contributed by atoms with Gasteiger partial charge in [-0.05, 0) is 29.8 Å². The maximum absolute atomic E-state index is 12.9. The molecule has 0 N–H and O–H groups in total. The molecule has 3 rings (SSSR count). The lowest BCUT2D eigenvalue weighted by Gasteiger charge is -2.08. The number of hydrogen-bond donors (Lipinski definition) is 0. The molecule has 26 heavy (non-hydrogen) atoms. The van der Waals surface area contributed by atoms with Crippen molar-refractivity contribution in [1.29, 1.82) is 10.5 Å². The Bertz CT molecular complexity index is 1080. The number of rotatable bonds is 3. The van der Waals surface area contributed by atoms with Gasteiger partial charge in [0.2, 0.25) is 0 Å². The second kappa shape index (κ2) is 6.78. The molecule has 0 fully saturated rings. The zero-order chi connectivity index (χ0) is 18.7. The van der Waals surface area contributed by atoms with E-state index in [2.05, 4.69) is 6.07 Å². The first-order valence-electron chi connectivity index (χ1n) is 7.68. The summed E-state index contributed by atoms with van der Waals surface area (Å²) in [6.07, 6.45) is -1.20. The van der Waals surface area contributed by atoms with Gasteiger partial charge in [-0.25, -0.2) is 0 Å². The summed E-state index contributed by atoms with van der Waals surface area (Å²) in [7, 11) is 0. The van der Waals surface area contributed by atoms with Crippen molar-refractivity contribution in [1.82, 2.24) is 4.57 Å². The summed E-state index contributed by atoms with van der Waals surface area (Å²) >= 11 is 0. The maximum Gasteiger partial charge on any atom is 0.416 e. The Morgan fingerprint density at radius 3 is 2.54 bits per heavy atom. The molecule has 0 saturated heterocycles. The van der Waals surface area contributed by atoms with Crippen LogP contribution < -0.4 is 0 Å². The van der Waals surface area contributed by atoms with Crippen molar-refractivity contribution < 1.29 is 13.2 Å². The largest absolute Gasteiger partial charge is 0.416 e. The van der Waals surface area contributed by atoms with Crippen LogP contribution in [-0.4, -0.2) is 4.57 Å². The number of fused-ring (bicyclic) bond motifs is 1. The average Bonchev–Trinajstić information content (AvgIpc) is 2.97. The minimum Gasteiger partial charge on any atom is -0.333 e. The van der Waals surface area contributed by atoms with E-state index in [1.165, 1.54) is 12.1 Å². The minimum atomic E-state index is -4.47. The van der Waals surface area contributed by atoms with Crippen LogP contribution in [-0.2, 0) is 12.7 Å². The van der Waals surface area contributed by atoms with Crippen LogP contribution in [0.25, 0.3) is 22.6 Å². The first kappa shape index (κ1) is 17.3. The Morgan fingerprint density at radius 1 is 1.08 bits per heavy atom. The van der Waals surface area contributed by atoms with E-state index in [1.807, 2.05) is 30.3 Å². The van der Waals surface area contributed by atoms with Crippen LogP contribution in [0.1, 0.15) is 16.7 Å². The Morgan fingerprint density at radius 2 is 1.85 bits per heavy atom. The quantitative estimate of drug-likeness (QED) is 0.605. The fourth-order valence-electron chi connectivity index (χ4n) is 2.80. The second-order valence-electron chi connectivity index (χ2n) is 5.64. The summed E-state index contributed by atoms with van der Waals surface area (Å²) in [6, 6.07) is 16.1. The third-order valence-corrected chi connectivity index (χ3v) is 3.98. The molecular weight excluding hydrogens is 339 g/mol. The summed E-state index contributed by atoms with van der Waals surface area (Å²) in [4.78, 5) is 0. The van der Waals surface area contributed by atoms with Gasteiger partial charge < -0.3 is 4.57 Å². The molecule has 0 unspecified atom stereocenters. The highest BCUT2D eigenvalue weighted by molar-refractivity contribution is 5.98. The summed E-state index contributed by atoms with van der Waals surface area (Å²) in [5.74, 6) is 0. The normalized spacial score (nSPS) is 12.0. The number of aromatic nitrogens is 1. The highest BCUT2D eigenvalue weighted by Crippen LogP contribution is 2.32. The number of nitriles is 2. The predicted octanol–water partition coefficient (Wildman–Crippen LogP) is 5.25. The second-order valence-corrected chi connectivity index (χ2v) is 5.64. The lowest BCUT2D eigenvalue weighted by molar-refractivity contribution is -0.137. The smallest absolute Gasteiger partial charge is 0.333 e. The molecule has 0 radical (unpaired) electrons. The van der Waals surface area contributed by atoms with Crippen LogP contribution in [0.3, 0.4) is 0 Å². The third-order valence-electron chi connectivity index (χ3n) is 3.98. The van der Waals surface area contributed by atoms with Crippen LogP contribution in [0.5, 0.6) is 0 Å². The minimum absolute atomic E-state index is 0.121. The molecule has 0 aliphatic heterocycles. The zero-order valence-corrected chi connectivity index (χ0v) is 13.5. The molecular formula is C20H12F3N3. The van der Waals surface area contributed by atoms with E-state index >= 15 is 0 Å². The summed E-state index contributed by atoms with van der Waals surface area (Å²) < 4.78 is 40.5. The molecule has 128 valence electrons. The van der Waals surface area contributed by atoms with Gasteiger partial charge in [0.05, 0.1) is 23.3 Å². The fraction of sp³-hybridized carbons (Fsp3) is 0.100. The van der Waals surface area contributed by atoms with Crippen LogP contribution in [0.4, 0.5) is 13.2 Å². The Kier molecular flexibility index (Phi) is 4.51. The van der Waals surface area contributed by atoms with Crippen LogP contribution >= 0.6 is 0 Å². The lowest BCUT2D eigenvalue weighted by atomic mass is 10.0. The number of alkyl halides is 3. The topological polar surface area (TPSA) is 52.5 Å². The number of benzene rings is 2. The Labute approximate surface area is 147 Å². The molecule has 6 heteroatoms. The van der Waals surface area contributed by atoms with Gasteiger partial charge in [0.15, 0.2) is 0 Å². The highest BCUT2D eigenvalue weighted by Gasteiger charge is 2.30. The summed E-state index contributed by atoms with van der Waals surface area (Å²) in [6.45, 7) is 0.139. The molecule has 0 aliphatic rings. The molecule has 0 bridgehead atoms. The highest BCUT2D eigenvalue weighted by atomic mass is 19.4. The molecule has 0 aliphatic carbocycles. The number of nitrogens with zero attached hydrogens (tertiary/aromatic N) is 3. The van der Waals surface area contributed by atoms with E-state index in [9.17, 15) is 18.4 Å². The fourth-order valence-corrected chi connectivity index (χ4v) is 2.80. The van der Waals surface area contributed by atoms with Gasteiger partial charge in [-0.3, -0.25) is 0 Å². The van der Waals surface area contributed by atoms with Crippen molar-refractivity contribution in [3.8, 4) is 12.1 Å². The van der Waals surface area contributed by atoms with Crippen molar-refractivity contribution in [2.75, 3.05) is 0 Å². The number of hydrogen-bond acceptors (Lipinski definition) is 2. The number of para-hydroxylation sites is 1. The van der Waals surface area contributed by atoms with E-state index in [-0.39, 0.29) is 17.7 Å². The number of halogens is 3. The Hall–Kier alpha value is -3.51. The van der Waals surface area contributed by atoms with E-state index in [0.717, 1.165) is 23.0 Å². The van der Waals surface area contributed by atoms with Crippen molar-refractivity contribution in [3.63, 3.8) is 0 Å². The van der Waals surface area contributed by atoms with Crippen molar-refractivity contribution in [2.45, 2.75) is 12.7 Å². The average molecular weight is 351 g/mol. The molecule has 0 saturated carbocycles. The van der Waals surface area contributed by atoms with Gasteiger partial charge in [0.25, 0.3) is 0 Å². The molecule has 1 aromatic heterocycles. The molecule has 3 nitrogen and oxygen atoms in total. The van der Waals surface area contributed by atoms with Gasteiger partial charge in [0, 0.05) is 22.7 Å². The van der Waals surface area contributed by atoms with Crippen molar-refractivity contribution in [2.24, 2.45) is 0 Å². The lowest BCUT2D eigenvalue weighted by Crippen LogP contribution is -2.04. The van der Waals surface area contributed by atoms with E-state index in [0.29, 0.717) is 5.56 Å². The summed E-state index contributed by atoms with van der Waals surface area (Å²) in [5, 5.41) is 19.2. The monoisotopic (exact) mass is 351 g/mol. The van der Waals surface area contributed by atoms with E-state index in [4.69, 9.17) is 5.26 Å². The van der Waals surface area contributed by atoms with Gasteiger partial charge in [-0.15, -0.1) is 0 Å². The molecule has 2 aromatic carbocycles. The van der Waals surface area contributed by atoms with E-state index in [1.54, 1.807) is 16.8 Å². The molecule has 0 atom stereocenters. The maximum atomic E-state index is 12.9. The standard InChI is InChI=1S/C20H12F3N3/c21-20(22,23)17-5-3-4-14(11-17)15(12-25)10-16-13-26(9-8-24)19-7-2-1-6-18(16)19/h1-7,10-11,13H,9H2/b15-10-. The predicted molar refractivity (Wildman–Crippen MR) is 92.5 cm³/mol. The molecule has 1 heterocycles. The molecule has 0 amide bonds. The van der Waals surface area contributed by atoms with Crippen molar-refractivity contribution in [3.05, 3.63) is 71.4 Å². The molecule has 0 spiro atoms. The first-order valence-corrected chi connectivity index (χ1v) is 7.68.